The van der Waals surface area contributed by atoms with Crippen LogP contribution in [0.25, 0.3) is 0 Å². The molecule has 0 fully saturated rings. The topological polar surface area (TPSA) is 74.0 Å². The summed E-state index contributed by atoms with van der Waals surface area (Å²) in [6.07, 6.45) is 3.52. The largest absolute Gasteiger partial charge is 0.471 e. The lowest BCUT2D eigenvalue weighted by Gasteiger charge is -2.07. The first-order chi connectivity index (χ1) is 15.0. The van der Waals surface area contributed by atoms with Crippen LogP contribution in [0.4, 0.5) is 5.82 Å². The van der Waals surface area contributed by atoms with E-state index in [4.69, 9.17) is 16.3 Å². The number of nitrogens with zero attached hydrogens (tertiary/aromatic N) is 4. The van der Waals surface area contributed by atoms with Crippen molar-refractivity contribution in [2.75, 3.05) is 5.32 Å². The molecule has 7 nitrogen and oxygen atoms in total. The van der Waals surface area contributed by atoms with E-state index in [1.54, 1.807) is 39.8 Å². The number of amides is 1. The van der Waals surface area contributed by atoms with Gasteiger partial charge in [0.15, 0.2) is 18.2 Å². The maximum absolute atomic E-state index is 12.5. The zero-order chi connectivity index (χ0) is 21.8. The number of benzene rings is 2. The van der Waals surface area contributed by atoms with E-state index < -0.39 is 0 Å². The molecule has 0 aliphatic carbocycles. The molecule has 4 aromatic rings. The van der Waals surface area contributed by atoms with Crippen molar-refractivity contribution in [1.29, 1.82) is 0 Å². The molecule has 8 heteroatoms. The van der Waals surface area contributed by atoms with E-state index in [0.29, 0.717) is 23.1 Å². The van der Waals surface area contributed by atoms with E-state index >= 15 is 0 Å². The molecule has 0 unspecified atom stereocenters. The lowest BCUT2D eigenvalue weighted by Crippen LogP contribution is -2.15. The van der Waals surface area contributed by atoms with Gasteiger partial charge in [-0.3, -0.25) is 9.48 Å². The SMILES string of the molecule is Cc1cccc(Cn2ccc(NC(=O)c3ccn(COc4ccc(Cl)c(C)c4)n3)n2)c1. The Hall–Kier alpha value is -3.58. The highest BCUT2D eigenvalue weighted by molar-refractivity contribution is 6.31. The summed E-state index contributed by atoms with van der Waals surface area (Å²) >= 11 is 6.03. The molecule has 1 amide bonds. The van der Waals surface area contributed by atoms with Crippen LogP contribution in [0, 0.1) is 13.8 Å². The van der Waals surface area contributed by atoms with Gasteiger partial charge in [0.2, 0.25) is 0 Å². The highest BCUT2D eigenvalue weighted by atomic mass is 35.5. The number of hydrogen-bond acceptors (Lipinski definition) is 4. The van der Waals surface area contributed by atoms with Crippen molar-refractivity contribution in [3.8, 4) is 5.75 Å². The summed E-state index contributed by atoms with van der Waals surface area (Å²) in [6.45, 7) is 4.78. The second-order valence-corrected chi connectivity index (χ2v) is 7.67. The summed E-state index contributed by atoms with van der Waals surface area (Å²) in [5.74, 6) is 0.824. The van der Waals surface area contributed by atoms with Gasteiger partial charge in [0.1, 0.15) is 5.75 Å². The van der Waals surface area contributed by atoms with Crippen molar-refractivity contribution in [3.63, 3.8) is 0 Å². The third kappa shape index (κ3) is 5.32. The average molecular weight is 436 g/mol. The van der Waals surface area contributed by atoms with Crippen molar-refractivity contribution in [3.05, 3.63) is 94.4 Å². The van der Waals surface area contributed by atoms with Gasteiger partial charge in [0.05, 0.1) is 6.54 Å². The predicted octanol–water partition coefficient (Wildman–Crippen LogP) is 4.69. The van der Waals surface area contributed by atoms with Crippen LogP contribution < -0.4 is 10.1 Å². The number of rotatable bonds is 7. The van der Waals surface area contributed by atoms with E-state index in [1.807, 2.05) is 31.3 Å². The molecule has 4 rings (SSSR count). The van der Waals surface area contributed by atoms with Gasteiger partial charge in [-0.25, -0.2) is 4.68 Å². The fourth-order valence-electron chi connectivity index (χ4n) is 3.10. The second-order valence-electron chi connectivity index (χ2n) is 7.27. The van der Waals surface area contributed by atoms with Crippen molar-refractivity contribution < 1.29 is 9.53 Å². The number of aromatic nitrogens is 4. The van der Waals surface area contributed by atoms with Crippen LogP contribution >= 0.6 is 11.6 Å². The molecule has 0 saturated carbocycles. The van der Waals surface area contributed by atoms with Crippen LogP contribution in [0.2, 0.25) is 5.02 Å². The van der Waals surface area contributed by atoms with Crippen molar-refractivity contribution in [1.82, 2.24) is 19.6 Å². The fraction of sp³-hybridized carbons (Fsp3) is 0.174. The number of aryl methyl sites for hydroxylation is 2. The lowest BCUT2D eigenvalue weighted by atomic mass is 10.1. The minimum atomic E-state index is -0.332. The molecule has 0 saturated heterocycles. The minimum absolute atomic E-state index is 0.180. The Kier molecular flexibility index (Phi) is 6.04. The maximum atomic E-state index is 12.5. The normalized spacial score (nSPS) is 10.8. The van der Waals surface area contributed by atoms with Crippen LogP contribution in [-0.4, -0.2) is 25.5 Å². The summed E-state index contributed by atoms with van der Waals surface area (Å²) in [4.78, 5) is 12.5. The Labute approximate surface area is 185 Å². The summed E-state index contributed by atoms with van der Waals surface area (Å²) in [6, 6.07) is 17.1. The Bertz CT molecular complexity index is 1210. The highest BCUT2D eigenvalue weighted by Gasteiger charge is 2.12. The molecule has 0 aliphatic heterocycles. The summed E-state index contributed by atoms with van der Waals surface area (Å²) in [5, 5.41) is 12.1. The first-order valence-corrected chi connectivity index (χ1v) is 10.2. The number of ether oxygens (including phenoxy) is 1. The number of hydrogen-bond donors (Lipinski definition) is 1. The number of nitrogens with one attached hydrogen (secondary N) is 1. The molecule has 1 N–H and O–H groups in total. The Morgan fingerprint density at radius 1 is 1.03 bits per heavy atom. The Balaban J connectivity index is 1.33. The molecular formula is C23H22ClN5O2. The number of anilines is 1. The smallest absolute Gasteiger partial charge is 0.277 e. The first kappa shape index (κ1) is 20.7. The van der Waals surface area contributed by atoms with Crippen molar-refractivity contribution in [2.24, 2.45) is 0 Å². The summed E-state index contributed by atoms with van der Waals surface area (Å²) in [7, 11) is 0. The number of halogens is 1. The molecule has 2 aromatic heterocycles. The van der Waals surface area contributed by atoms with E-state index in [2.05, 4.69) is 34.6 Å². The maximum Gasteiger partial charge on any atom is 0.277 e. The van der Waals surface area contributed by atoms with Gasteiger partial charge >= 0.3 is 0 Å². The monoisotopic (exact) mass is 435 g/mol. The zero-order valence-electron chi connectivity index (χ0n) is 17.2. The quantitative estimate of drug-likeness (QED) is 0.457. The van der Waals surface area contributed by atoms with Gasteiger partial charge in [-0.15, -0.1) is 0 Å². The van der Waals surface area contributed by atoms with Crippen LogP contribution in [0.3, 0.4) is 0 Å². The van der Waals surface area contributed by atoms with Gasteiger partial charge in [0, 0.05) is 23.5 Å². The highest BCUT2D eigenvalue weighted by Crippen LogP contribution is 2.21. The fourth-order valence-corrected chi connectivity index (χ4v) is 3.21. The molecule has 0 bridgehead atoms. The molecule has 2 heterocycles. The molecule has 0 aliphatic rings. The molecule has 31 heavy (non-hydrogen) atoms. The Morgan fingerprint density at radius 3 is 2.68 bits per heavy atom. The predicted molar refractivity (Wildman–Crippen MR) is 120 cm³/mol. The Morgan fingerprint density at radius 2 is 1.87 bits per heavy atom. The van der Waals surface area contributed by atoms with E-state index in [9.17, 15) is 4.79 Å². The molecule has 2 aromatic carbocycles. The van der Waals surface area contributed by atoms with Crippen molar-refractivity contribution in [2.45, 2.75) is 27.1 Å². The van der Waals surface area contributed by atoms with Gasteiger partial charge in [-0.05, 0) is 49.2 Å². The molecule has 0 atom stereocenters. The number of carbonyl (C=O) groups excluding carboxylic acids is 1. The first-order valence-electron chi connectivity index (χ1n) is 9.79. The third-order valence-electron chi connectivity index (χ3n) is 4.68. The van der Waals surface area contributed by atoms with E-state index in [0.717, 1.165) is 11.1 Å². The van der Waals surface area contributed by atoms with E-state index in [1.165, 1.54) is 5.56 Å². The van der Waals surface area contributed by atoms with Gasteiger partial charge < -0.3 is 10.1 Å². The second kappa shape index (κ2) is 9.06. The van der Waals surface area contributed by atoms with Crippen LogP contribution in [0.1, 0.15) is 27.2 Å². The molecule has 0 radical (unpaired) electrons. The zero-order valence-corrected chi connectivity index (χ0v) is 18.0. The minimum Gasteiger partial charge on any atom is -0.471 e. The molecule has 0 spiro atoms. The third-order valence-corrected chi connectivity index (χ3v) is 5.10. The van der Waals surface area contributed by atoms with Crippen LogP contribution in [0.5, 0.6) is 5.75 Å². The van der Waals surface area contributed by atoms with Gasteiger partial charge in [-0.1, -0.05) is 41.4 Å². The summed E-state index contributed by atoms with van der Waals surface area (Å²) in [5.41, 5.74) is 3.56. The number of carbonyl (C=O) groups is 1. The van der Waals surface area contributed by atoms with E-state index in [-0.39, 0.29) is 18.3 Å². The molecule has 158 valence electrons. The van der Waals surface area contributed by atoms with Crippen LogP contribution in [0.15, 0.2) is 67.0 Å². The lowest BCUT2D eigenvalue weighted by molar-refractivity contribution is 0.101. The molecular weight excluding hydrogens is 414 g/mol. The van der Waals surface area contributed by atoms with Crippen molar-refractivity contribution >= 4 is 23.3 Å². The summed E-state index contributed by atoms with van der Waals surface area (Å²) < 4.78 is 9.04. The average Bonchev–Trinajstić information content (AvgIpc) is 3.38. The van der Waals surface area contributed by atoms with Gasteiger partial charge in [-0.2, -0.15) is 10.2 Å². The standard InChI is InChI=1S/C23H22ClN5O2/c1-16-4-3-5-18(12-16)14-28-11-9-22(27-28)25-23(30)21-8-10-29(26-21)15-31-19-6-7-20(24)17(2)13-19/h3-13H,14-15H2,1-2H3,(H,25,27,30). The van der Waals surface area contributed by atoms with Gasteiger partial charge in [0.25, 0.3) is 5.91 Å². The van der Waals surface area contributed by atoms with Crippen LogP contribution in [-0.2, 0) is 13.3 Å².